The molecule has 1 aliphatic rings. The van der Waals surface area contributed by atoms with Crippen LogP contribution in [-0.2, 0) is 0 Å². The Balaban J connectivity index is 1.56. The Labute approximate surface area is 130 Å². The minimum Gasteiger partial charge on any atom is -0.454 e. The van der Waals surface area contributed by atoms with Gasteiger partial charge in [0.15, 0.2) is 11.5 Å². The van der Waals surface area contributed by atoms with Gasteiger partial charge < -0.3 is 19.2 Å². The highest BCUT2D eigenvalue weighted by atomic mass is 16.7. The fourth-order valence-corrected chi connectivity index (χ4v) is 2.27. The number of hydrogen-bond acceptors (Lipinski definition) is 6. The van der Waals surface area contributed by atoms with Crippen LogP contribution in [0.2, 0.25) is 0 Å². The van der Waals surface area contributed by atoms with Crippen molar-refractivity contribution in [1.82, 2.24) is 10.2 Å². The number of ether oxygens (including phenoxy) is 2. The summed E-state index contributed by atoms with van der Waals surface area (Å²) in [5, 5.41) is 10.3. The molecule has 0 radical (unpaired) electrons. The van der Waals surface area contributed by atoms with Gasteiger partial charge in [-0.15, -0.1) is 10.2 Å². The van der Waals surface area contributed by atoms with Crippen molar-refractivity contribution < 1.29 is 18.7 Å². The molecule has 0 bridgehead atoms. The lowest BCUT2D eigenvalue weighted by molar-refractivity contribution is 0.102. The monoisotopic (exact) mass is 309 g/mol. The first-order valence-corrected chi connectivity index (χ1v) is 6.87. The van der Waals surface area contributed by atoms with E-state index in [2.05, 4.69) is 15.5 Å². The Kier molecular flexibility index (Phi) is 3.16. The van der Waals surface area contributed by atoms with E-state index in [1.54, 1.807) is 36.4 Å². The van der Waals surface area contributed by atoms with Gasteiger partial charge in [0, 0.05) is 16.8 Å². The summed E-state index contributed by atoms with van der Waals surface area (Å²) >= 11 is 0. The van der Waals surface area contributed by atoms with Gasteiger partial charge in [0.05, 0.1) is 0 Å². The van der Waals surface area contributed by atoms with E-state index in [0.29, 0.717) is 28.6 Å². The number of hydrogen-bond donors (Lipinski definition) is 1. The molecule has 7 nitrogen and oxygen atoms in total. The molecule has 7 heteroatoms. The molecule has 1 aromatic heterocycles. The van der Waals surface area contributed by atoms with Crippen molar-refractivity contribution in [1.29, 1.82) is 0 Å². The summed E-state index contributed by atoms with van der Waals surface area (Å²) in [7, 11) is 0. The number of anilines is 1. The van der Waals surface area contributed by atoms with E-state index in [-0.39, 0.29) is 12.7 Å². The van der Waals surface area contributed by atoms with E-state index in [1.807, 2.05) is 6.07 Å². The van der Waals surface area contributed by atoms with Crippen LogP contribution < -0.4 is 14.8 Å². The van der Waals surface area contributed by atoms with Crippen LogP contribution in [0, 0.1) is 0 Å². The summed E-state index contributed by atoms with van der Waals surface area (Å²) in [5.74, 6) is 1.35. The maximum atomic E-state index is 12.4. The van der Waals surface area contributed by atoms with Gasteiger partial charge in [0.2, 0.25) is 19.1 Å². The average molecular weight is 309 g/mol. The second-order valence-electron chi connectivity index (χ2n) is 4.85. The van der Waals surface area contributed by atoms with E-state index < -0.39 is 0 Å². The summed E-state index contributed by atoms with van der Waals surface area (Å²) in [5.41, 5.74) is 1.84. The first kappa shape index (κ1) is 13.3. The number of nitrogens with one attached hydrogen (secondary N) is 1. The standard InChI is InChI=1S/C16H11N3O4/c20-15(10-4-5-13-14(7-10)23-9-22-13)18-12-3-1-2-11(6-12)16-19-17-8-21-16/h1-8H,9H2,(H,18,20). The molecule has 0 unspecified atom stereocenters. The largest absolute Gasteiger partial charge is 0.454 e. The zero-order valence-electron chi connectivity index (χ0n) is 11.9. The lowest BCUT2D eigenvalue weighted by Gasteiger charge is -2.07. The fraction of sp³-hybridized carbons (Fsp3) is 0.0625. The Morgan fingerprint density at radius 1 is 1.09 bits per heavy atom. The van der Waals surface area contributed by atoms with Crippen molar-refractivity contribution in [2.75, 3.05) is 12.1 Å². The molecular formula is C16H11N3O4. The van der Waals surface area contributed by atoms with Crippen LogP contribution in [0.5, 0.6) is 11.5 Å². The van der Waals surface area contributed by atoms with Crippen LogP contribution >= 0.6 is 0 Å². The SMILES string of the molecule is O=C(Nc1cccc(-c2nnco2)c1)c1ccc2c(c1)OCO2. The van der Waals surface area contributed by atoms with Crippen molar-refractivity contribution in [2.24, 2.45) is 0 Å². The minimum absolute atomic E-state index is 0.173. The molecule has 114 valence electrons. The third-order valence-corrected chi connectivity index (χ3v) is 3.36. The summed E-state index contributed by atoms with van der Waals surface area (Å²) in [6.07, 6.45) is 1.26. The molecule has 23 heavy (non-hydrogen) atoms. The zero-order chi connectivity index (χ0) is 15.6. The quantitative estimate of drug-likeness (QED) is 0.800. The molecule has 0 saturated carbocycles. The van der Waals surface area contributed by atoms with E-state index in [0.717, 1.165) is 5.56 Å². The maximum absolute atomic E-state index is 12.4. The van der Waals surface area contributed by atoms with E-state index in [1.165, 1.54) is 6.39 Å². The lowest BCUT2D eigenvalue weighted by atomic mass is 10.1. The number of aromatic nitrogens is 2. The lowest BCUT2D eigenvalue weighted by Crippen LogP contribution is -2.11. The first-order valence-electron chi connectivity index (χ1n) is 6.87. The van der Waals surface area contributed by atoms with E-state index in [4.69, 9.17) is 13.9 Å². The summed E-state index contributed by atoms with van der Waals surface area (Å²) < 4.78 is 15.7. The number of benzene rings is 2. The second-order valence-corrected chi connectivity index (χ2v) is 4.85. The molecule has 0 fully saturated rings. The molecule has 1 amide bonds. The molecule has 0 saturated heterocycles. The van der Waals surface area contributed by atoms with Gasteiger partial charge >= 0.3 is 0 Å². The number of fused-ring (bicyclic) bond motifs is 1. The van der Waals surface area contributed by atoms with Crippen LogP contribution in [0.25, 0.3) is 11.5 Å². The molecule has 1 aliphatic heterocycles. The second kappa shape index (κ2) is 5.45. The molecule has 0 spiro atoms. The van der Waals surface area contributed by atoms with Gasteiger partial charge in [0.25, 0.3) is 5.91 Å². The number of carbonyl (C=O) groups excluding carboxylic acids is 1. The number of amides is 1. The molecular weight excluding hydrogens is 298 g/mol. The number of rotatable bonds is 3. The molecule has 4 rings (SSSR count). The van der Waals surface area contributed by atoms with E-state index in [9.17, 15) is 4.79 Å². The van der Waals surface area contributed by atoms with Crippen LogP contribution in [0.4, 0.5) is 5.69 Å². The summed E-state index contributed by atoms with van der Waals surface area (Å²) in [4.78, 5) is 12.4. The van der Waals surface area contributed by atoms with E-state index >= 15 is 0 Å². The minimum atomic E-state index is -0.244. The third kappa shape index (κ3) is 2.59. The van der Waals surface area contributed by atoms with Crippen LogP contribution in [0.3, 0.4) is 0 Å². The molecule has 0 atom stereocenters. The Hall–Kier alpha value is -3.35. The first-order chi connectivity index (χ1) is 11.3. The molecule has 2 aromatic carbocycles. The fourth-order valence-electron chi connectivity index (χ4n) is 2.27. The number of carbonyl (C=O) groups is 1. The average Bonchev–Trinajstić information content (AvgIpc) is 3.26. The summed E-state index contributed by atoms with van der Waals surface area (Å²) in [6, 6.07) is 12.2. The normalized spacial score (nSPS) is 12.2. The van der Waals surface area contributed by atoms with Gasteiger partial charge in [0.1, 0.15) is 0 Å². The molecule has 3 aromatic rings. The van der Waals surface area contributed by atoms with Gasteiger partial charge in [-0.2, -0.15) is 0 Å². The van der Waals surface area contributed by atoms with Crippen LogP contribution in [0.1, 0.15) is 10.4 Å². The number of nitrogens with zero attached hydrogens (tertiary/aromatic N) is 2. The Bertz CT molecular complexity index is 862. The molecule has 0 aliphatic carbocycles. The predicted molar refractivity (Wildman–Crippen MR) is 80.3 cm³/mol. The van der Waals surface area contributed by atoms with Gasteiger partial charge in [-0.05, 0) is 36.4 Å². The topological polar surface area (TPSA) is 86.5 Å². The van der Waals surface area contributed by atoms with Crippen molar-refractivity contribution in [2.45, 2.75) is 0 Å². The molecule has 2 heterocycles. The van der Waals surface area contributed by atoms with Crippen molar-refractivity contribution in [3.8, 4) is 23.0 Å². The summed E-state index contributed by atoms with van der Waals surface area (Å²) in [6.45, 7) is 0.173. The highest BCUT2D eigenvalue weighted by Gasteiger charge is 2.16. The van der Waals surface area contributed by atoms with Crippen LogP contribution in [0.15, 0.2) is 53.3 Å². The van der Waals surface area contributed by atoms with Gasteiger partial charge in [-0.3, -0.25) is 4.79 Å². The van der Waals surface area contributed by atoms with Gasteiger partial charge in [-0.25, -0.2) is 0 Å². The zero-order valence-corrected chi connectivity index (χ0v) is 11.9. The highest BCUT2D eigenvalue weighted by molar-refractivity contribution is 6.04. The third-order valence-electron chi connectivity index (χ3n) is 3.36. The smallest absolute Gasteiger partial charge is 0.255 e. The van der Waals surface area contributed by atoms with Crippen molar-refractivity contribution >= 4 is 11.6 Å². The van der Waals surface area contributed by atoms with Crippen LogP contribution in [-0.4, -0.2) is 22.9 Å². The highest BCUT2D eigenvalue weighted by Crippen LogP contribution is 2.32. The Morgan fingerprint density at radius 3 is 2.87 bits per heavy atom. The van der Waals surface area contributed by atoms with Crippen molar-refractivity contribution in [3.05, 3.63) is 54.4 Å². The maximum Gasteiger partial charge on any atom is 0.255 e. The van der Waals surface area contributed by atoms with Crippen molar-refractivity contribution in [3.63, 3.8) is 0 Å². The molecule has 1 N–H and O–H groups in total. The van der Waals surface area contributed by atoms with Gasteiger partial charge in [-0.1, -0.05) is 6.07 Å². The predicted octanol–water partition coefficient (Wildman–Crippen LogP) is 2.72. The Morgan fingerprint density at radius 2 is 2.00 bits per heavy atom.